The van der Waals surface area contributed by atoms with E-state index in [1.54, 1.807) is 10.9 Å². The number of rotatable bonds is 1. The fourth-order valence-electron chi connectivity index (χ4n) is 0.577. The zero-order valence-corrected chi connectivity index (χ0v) is 4.83. The summed E-state index contributed by atoms with van der Waals surface area (Å²) in [5, 5.41) is 3.92. The minimum Gasteiger partial charge on any atom is -0.276 e. The first kappa shape index (κ1) is 5.41. The molecule has 3 heteroatoms. The molecule has 40 valence electrons. The SMILES string of the molecule is [B]Cc1cnn(C)c1. The first-order valence-electron chi connectivity index (χ1n) is 2.50. The largest absolute Gasteiger partial charge is 0.276 e. The Balaban J connectivity index is 2.84. The Morgan fingerprint density at radius 2 is 2.62 bits per heavy atom. The van der Waals surface area contributed by atoms with Gasteiger partial charge < -0.3 is 0 Å². The summed E-state index contributed by atoms with van der Waals surface area (Å²) in [6, 6.07) is 0. The molecule has 1 aromatic heterocycles. The van der Waals surface area contributed by atoms with E-state index in [9.17, 15) is 0 Å². The lowest BCUT2D eigenvalue weighted by atomic mass is 10.0. The quantitative estimate of drug-likeness (QED) is 0.464. The zero-order valence-electron chi connectivity index (χ0n) is 4.83. The fraction of sp³-hybridized carbons (Fsp3) is 0.400. The van der Waals surface area contributed by atoms with Gasteiger partial charge in [-0.1, -0.05) is 6.32 Å². The Bertz CT molecular complexity index is 171. The number of hydrogen-bond donors (Lipinski definition) is 0. The molecule has 0 saturated heterocycles. The average Bonchev–Trinajstić information content (AvgIpc) is 2.14. The van der Waals surface area contributed by atoms with E-state index in [-0.39, 0.29) is 0 Å². The van der Waals surface area contributed by atoms with Gasteiger partial charge >= 0.3 is 0 Å². The highest BCUT2D eigenvalue weighted by molar-refractivity contribution is 6.08. The summed E-state index contributed by atoms with van der Waals surface area (Å²) in [5.41, 5.74) is 1.08. The molecule has 0 bridgehead atoms. The molecule has 2 radical (unpaired) electrons. The van der Waals surface area contributed by atoms with E-state index >= 15 is 0 Å². The van der Waals surface area contributed by atoms with E-state index in [1.165, 1.54) is 0 Å². The molecule has 1 rings (SSSR count). The Morgan fingerprint density at radius 3 is 2.88 bits per heavy atom. The van der Waals surface area contributed by atoms with Crippen molar-refractivity contribution in [3.63, 3.8) is 0 Å². The van der Waals surface area contributed by atoms with Gasteiger partial charge in [-0.25, -0.2) is 0 Å². The van der Waals surface area contributed by atoms with Crippen molar-refractivity contribution in [3.05, 3.63) is 18.0 Å². The Kier molecular flexibility index (Phi) is 1.37. The van der Waals surface area contributed by atoms with Crippen LogP contribution in [0.15, 0.2) is 12.4 Å². The summed E-state index contributed by atoms with van der Waals surface area (Å²) in [4.78, 5) is 0. The van der Waals surface area contributed by atoms with E-state index in [4.69, 9.17) is 7.85 Å². The Morgan fingerprint density at radius 1 is 1.88 bits per heavy atom. The van der Waals surface area contributed by atoms with Crippen LogP contribution in [-0.4, -0.2) is 17.6 Å². The van der Waals surface area contributed by atoms with Gasteiger partial charge in [-0.15, -0.1) is 0 Å². The molecule has 0 aliphatic carbocycles. The van der Waals surface area contributed by atoms with Crippen molar-refractivity contribution in [2.45, 2.75) is 6.32 Å². The smallest absolute Gasteiger partial charge is 0.0718 e. The third-order valence-electron chi connectivity index (χ3n) is 0.994. The molecule has 0 saturated carbocycles. The van der Waals surface area contributed by atoms with Gasteiger partial charge in [0.25, 0.3) is 0 Å². The minimum absolute atomic E-state index is 0.577. The van der Waals surface area contributed by atoms with Crippen LogP contribution in [0.4, 0.5) is 0 Å². The van der Waals surface area contributed by atoms with Crippen molar-refractivity contribution in [1.29, 1.82) is 0 Å². The molecule has 0 amide bonds. The van der Waals surface area contributed by atoms with Crippen LogP contribution < -0.4 is 0 Å². The van der Waals surface area contributed by atoms with Crippen LogP contribution in [0.25, 0.3) is 0 Å². The molecule has 0 spiro atoms. The summed E-state index contributed by atoms with van der Waals surface area (Å²) < 4.78 is 1.74. The van der Waals surface area contributed by atoms with Gasteiger partial charge in [-0.2, -0.15) is 5.10 Å². The van der Waals surface area contributed by atoms with Crippen molar-refractivity contribution in [2.24, 2.45) is 7.05 Å². The molecule has 0 unspecified atom stereocenters. The van der Waals surface area contributed by atoms with Crippen molar-refractivity contribution in [1.82, 2.24) is 9.78 Å². The second kappa shape index (κ2) is 2.03. The van der Waals surface area contributed by atoms with Crippen LogP contribution >= 0.6 is 0 Å². The van der Waals surface area contributed by atoms with E-state index in [1.807, 2.05) is 13.2 Å². The molecule has 0 aromatic carbocycles. The number of nitrogens with zero attached hydrogens (tertiary/aromatic N) is 2. The van der Waals surface area contributed by atoms with Crippen molar-refractivity contribution >= 4 is 7.85 Å². The number of aryl methyl sites for hydroxylation is 1. The van der Waals surface area contributed by atoms with Crippen LogP contribution in [0.1, 0.15) is 5.56 Å². The summed E-state index contributed by atoms with van der Waals surface area (Å²) >= 11 is 0. The lowest BCUT2D eigenvalue weighted by molar-refractivity contribution is 0.767. The third kappa shape index (κ3) is 0.913. The van der Waals surface area contributed by atoms with Gasteiger partial charge in [0.15, 0.2) is 0 Å². The van der Waals surface area contributed by atoms with Crippen LogP contribution in [0, 0.1) is 0 Å². The number of aromatic nitrogens is 2. The van der Waals surface area contributed by atoms with E-state index < -0.39 is 0 Å². The lowest BCUT2D eigenvalue weighted by Crippen LogP contribution is -1.84. The summed E-state index contributed by atoms with van der Waals surface area (Å²) in [7, 11) is 7.18. The Hall–Kier alpha value is -0.725. The lowest BCUT2D eigenvalue weighted by Gasteiger charge is -1.81. The molecule has 0 fully saturated rings. The monoisotopic (exact) mass is 106 g/mol. The second-order valence-electron chi connectivity index (χ2n) is 1.73. The first-order valence-corrected chi connectivity index (χ1v) is 2.50. The van der Waals surface area contributed by atoms with Gasteiger partial charge in [-0.3, -0.25) is 4.68 Å². The molecular weight excluding hydrogens is 98.9 g/mol. The maximum atomic E-state index is 5.31. The van der Waals surface area contributed by atoms with Crippen LogP contribution in [0.2, 0.25) is 0 Å². The highest BCUT2D eigenvalue weighted by Crippen LogP contribution is 1.92. The van der Waals surface area contributed by atoms with Crippen LogP contribution in [0.3, 0.4) is 0 Å². The van der Waals surface area contributed by atoms with Crippen LogP contribution in [-0.2, 0) is 13.4 Å². The third-order valence-corrected chi connectivity index (χ3v) is 0.994. The molecule has 0 aliphatic heterocycles. The molecule has 0 atom stereocenters. The zero-order chi connectivity index (χ0) is 5.98. The van der Waals surface area contributed by atoms with E-state index in [2.05, 4.69) is 5.10 Å². The molecule has 1 heterocycles. The van der Waals surface area contributed by atoms with Crippen molar-refractivity contribution in [2.75, 3.05) is 0 Å². The molecule has 0 aliphatic rings. The van der Waals surface area contributed by atoms with Gasteiger partial charge in [-0.05, 0) is 5.56 Å². The maximum absolute atomic E-state index is 5.31. The van der Waals surface area contributed by atoms with E-state index in [0.717, 1.165) is 5.56 Å². The highest BCUT2D eigenvalue weighted by Gasteiger charge is 1.87. The van der Waals surface area contributed by atoms with Gasteiger partial charge in [0.2, 0.25) is 0 Å². The summed E-state index contributed by atoms with van der Waals surface area (Å²) in [6.07, 6.45) is 4.24. The number of hydrogen-bond acceptors (Lipinski definition) is 1. The first-order chi connectivity index (χ1) is 3.83. The van der Waals surface area contributed by atoms with Gasteiger partial charge in [0, 0.05) is 13.2 Å². The predicted octanol–water partition coefficient (Wildman–Crippen LogP) is 0.0886. The minimum atomic E-state index is 0.577. The highest BCUT2D eigenvalue weighted by atomic mass is 15.2. The van der Waals surface area contributed by atoms with Gasteiger partial charge in [0.1, 0.15) is 0 Å². The molecule has 1 aromatic rings. The molecule has 0 N–H and O–H groups in total. The molecule has 8 heavy (non-hydrogen) atoms. The normalized spacial score (nSPS) is 9.62. The van der Waals surface area contributed by atoms with Crippen molar-refractivity contribution in [3.8, 4) is 0 Å². The maximum Gasteiger partial charge on any atom is 0.0718 e. The van der Waals surface area contributed by atoms with Crippen LogP contribution in [0.5, 0.6) is 0 Å². The topological polar surface area (TPSA) is 17.8 Å². The Labute approximate surface area is 49.9 Å². The predicted molar refractivity (Wildman–Crippen MR) is 32.7 cm³/mol. The average molecular weight is 106 g/mol. The van der Waals surface area contributed by atoms with Gasteiger partial charge in [0.05, 0.1) is 14.0 Å². The standard InChI is InChI=1S/C5H7BN2/c1-8-4-5(2-6)3-7-8/h3-4H,2H2,1H3. The molecule has 2 nitrogen and oxygen atoms in total. The molecular formula is C5H7BN2. The van der Waals surface area contributed by atoms with Crippen molar-refractivity contribution < 1.29 is 0 Å². The summed E-state index contributed by atoms with van der Waals surface area (Å²) in [6.45, 7) is 0. The second-order valence-corrected chi connectivity index (χ2v) is 1.73. The van der Waals surface area contributed by atoms with E-state index in [0.29, 0.717) is 6.32 Å². The fourth-order valence-corrected chi connectivity index (χ4v) is 0.577. The summed E-state index contributed by atoms with van der Waals surface area (Å²) in [5.74, 6) is 0.